The van der Waals surface area contributed by atoms with Crippen molar-refractivity contribution in [1.82, 2.24) is 0 Å². The van der Waals surface area contributed by atoms with Crippen LogP contribution >= 0.6 is 11.8 Å². The molecule has 1 unspecified atom stereocenters. The standard InChI is InChI=1S/C16H16N2S/c1-19-16-17-15(13-8-4-2-5-9-13)12-18(16)14-10-6-3-7-11-14/h2-11,15H,12H2,1H3. The number of amidine groups is 1. The minimum Gasteiger partial charge on any atom is -0.319 e. The lowest BCUT2D eigenvalue weighted by Gasteiger charge is -2.19. The predicted molar refractivity (Wildman–Crippen MR) is 83.9 cm³/mol. The van der Waals surface area contributed by atoms with Gasteiger partial charge in [-0.05, 0) is 24.0 Å². The van der Waals surface area contributed by atoms with E-state index in [1.165, 1.54) is 11.3 Å². The Kier molecular flexibility index (Phi) is 3.56. The van der Waals surface area contributed by atoms with E-state index in [2.05, 4.69) is 59.7 Å². The summed E-state index contributed by atoms with van der Waals surface area (Å²) in [5, 5.41) is 1.10. The fraction of sp³-hybridized carbons (Fsp3) is 0.188. The molecule has 0 spiro atoms. The van der Waals surface area contributed by atoms with E-state index in [1.807, 2.05) is 12.1 Å². The Balaban J connectivity index is 1.89. The smallest absolute Gasteiger partial charge is 0.164 e. The zero-order valence-electron chi connectivity index (χ0n) is 10.9. The van der Waals surface area contributed by atoms with Crippen molar-refractivity contribution in [3.05, 3.63) is 66.2 Å². The number of anilines is 1. The highest BCUT2D eigenvalue weighted by Crippen LogP contribution is 2.31. The van der Waals surface area contributed by atoms with Gasteiger partial charge in [-0.1, -0.05) is 60.3 Å². The summed E-state index contributed by atoms with van der Waals surface area (Å²) in [5.41, 5.74) is 2.50. The summed E-state index contributed by atoms with van der Waals surface area (Å²) in [7, 11) is 0. The van der Waals surface area contributed by atoms with Crippen LogP contribution in [0.25, 0.3) is 0 Å². The molecule has 1 heterocycles. The molecule has 1 aliphatic rings. The number of para-hydroxylation sites is 1. The van der Waals surface area contributed by atoms with Crippen LogP contribution in [0.3, 0.4) is 0 Å². The summed E-state index contributed by atoms with van der Waals surface area (Å²) in [4.78, 5) is 7.13. The number of aliphatic imine (C=N–C) groups is 1. The highest BCUT2D eigenvalue weighted by atomic mass is 32.2. The van der Waals surface area contributed by atoms with E-state index in [-0.39, 0.29) is 6.04 Å². The highest BCUT2D eigenvalue weighted by Gasteiger charge is 2.26. The van der Waals surface area contributed by atoms with E-state index in [4.69, 9.17) is 4.99 Å². The number of hydrogen-bond acceptors (Lipinski definition) is 3. The highest BCUT2D eigenvalue weighted by molar-refractivity contribution is 8.13. The fourth-order valence-corrected chi connectivity index (χ4v) is 2.97. The van der Waals surface area contributed by atoms with Crippen LogP contribution in [0.15, 0.2) is 65.7 Å². The molecule has 0 N–H and O–H groups in total. The van der Waals surface area contributed by atoms with Gasteiger partial charge in [-0.25, -0.2) is 0 Å². The van der Waals surface area contributed by atoms with Gasteiger partial charge in [-0.15, -0.1) is 0 Å². The van der Waals surface area contributed by atoms with Crippen LogP contribution in [-0.2, 0) is 0 Å². The van der Waals surface area contributed by atoms with Crippen molar-refractivity contribution >= 4 is 22.6 Å². The first-order valence-corrected chi connectivity index (χ1v) is 7.60. The summed E-state index contributed by atoms with van der Waals surface area (Å²) in [6, 6.07) is 21.2. The summed E-state index contributed by atoms with van der Waals surface area (Å²) < 4.78 is 0. The molecule has 1 aliphatic heterocycles. The molecule has 19 heavy (non-hydrogen) atoms. The van der Waals surface area contributed by atoms with Gasteiger partial charge >= 0.3 is 0 Å². The van der Waals surface area contributed by atoms with E-state index in [0.29, 0.717) is 0 Å². The molecular weight excluding hydrogens is 252 g/mol. The monoisotopic (exact) mass is 268 g/mol. The van der Waals surface area contributed by atoms with E-state index < -0.39 is 0 Å². The SMILES string of the molecule is CSC1=NC(c2ccccc2)CN1c1ccccc1. The van der Waals surface area contributed by atoms with Crippen LogP contribution in [0.2, 0.25) is 0 Å². The minimum absolute atomic E-state index is 0.240. The molecule has 2 nitrogen and oxygen atoms in total. The normalized spacial score (nSPS) is 18.5. The van der Waals surface area contributed by atoms with E-state index in [9.17, 15) is 0 Å². The lowest BCUT2D eigenvalue weighted by atomic mass is 10.1. The molecule has 0 radical (unpaired) electrons. The molecule has 0 amide bonds. The van der Waals surface area contributed by atoms with E-state index in [0.717, 1.165) is 11.7 Å². The van der Waals surface area contributed by atoms with Crippen molar-refractivity contribution in [3.8, 4) is 0 Å². The van der Waals surface area contributed by atoms with E-state index >= 15 is 0 Å². The van der Waals surface area contributed by atoms with Crippen molar-refractivity contribution < 1.29 is 0 Å². The third-order valence-corrected chi connectivity index (χ3v) is 3.98. The van der Waals surface area contributed by atoms with Crippen molar-refractivity contribution in [1.29, 1.82) is 0 Å². The summed E-state index contributed by atoms with van der Waals surface area (Å²) >= 11 is 1.71. The molecule has 3 heteroatoms. The van der Waals surface area contributed by atoms with Gasteiger partial charge in [0, 0.05) is 5.69 Å². The largest absolute Gasteiger partial charge is 0.319 e. The molecule has 0 aromatic heterocycles. The molecule has 2 aromatic rings. The Hall–Kier alpha value is -1.74. The number of nitrogens with zero attached hydrogens (tertiary/aromatic N) is 2. The average molecular weight is 268 g/mol. The second-order valence-corrected chi connectivity index (χ2v) is 5.26. The molecule has 0 bridgehead atoms. The number of hydrogen-bond donors (Lipinski definition) is 0. The van der Waals surface area contributed by atoms with Gasteiger partial charge in [0.15, 0.2) is 5.17 Å². The van der Waals surface area contributed by atoms with Crippen LogP contribution in [0, 0.1) is 0 Å². The molecule has 3 rings (SSSR count). The van der Waals surface area contributed by atoms with Crippen molar-refractivity contribution in [2.45, 2.75) is 6.04 Å². The Morgan fingerprint density at radius 1 is 1.00 bits per heavy atom. The molecule has 0 aliphatic carbocycles. The van der Waals surface area contributed by atoms with E-state index in [1.54, 1.807) is 11.8 Å². The lowest BCUT2D eigenvalue weighted by molar-refractivity contribution is 0.780. The average Bonchev–Trinajstić information content (AvgIpc) is 2.93. The van der Waals surface area contributed by atoms with Gasteiger partial charge in [-0.3, -0.25) is 4.99 Å². The molecule has 96 valence electrons. The summed E-state index contributed by atoms with van der Waals surface area (Å²) in [6.07, 6.45) is 2.09. The third-order valence-electron chi connectivity index (χ3n) is 3.29. The van der Waals surface area contributed by atoms with Crippen molar-refractivity contribution in [2.75, 3.05) is 17.7 Å². The maximum absolute atomic E-state index is 4.84. The van der Waals surface area contributed by atoms with Crippen molar-refractivity contribution in [3.63, 3.8) is 0 Å². The maximum atomic E-state index is 4.84. The van der Waals surface area contributed by atoms with Gasteiger partial charge in [0.1, 0.15) is 0 Å². The van der Waals surface area contributed by atoms with Crippen LogP contribution in [0.5, 0.6) is 0 Å². The zero-order valence-corrected chi connectivity index (χ0v) is 11.7. The minimum atomic E-state index is 0.240. The number of benzene rings is 2. The molecule has 0 saturated heterocycles. The molecular formula is C16H16N2S. The summed E-state index contributed by atoms with van der Waals surface area (Å²) in [6.45, 7) is 0.921. The Bertz CT molecular complexity index is 566. The third kappa shape index (κ3) is 2.51. The van der Waals surface area contributed by atoms with Crippen LogP contribution in [0.1, 0.15) is 11.6 Å². The lowest BCUT2D eigenvalue weighted by Crippen LogP contribution is -2.25. The maximum Gasteiger partial charge on any atom is 0.164 e. The molecule has 2 aromatic carbocycles. The van der Waals surface area contributed by atoms with Gasteiger partial charge in [0.2, 0.25) is 0 Å². The fourth-order valence-electron chi connectivity index (χ4n) is 2.34. The van der Waals surface area contributed by atoms with Crippen LogP contribution in [0.4, 0.5) is 5.69 Å². The quantitative estimate of drug-likeness (QED) is 0.819. The first-order valence-electron chi connectivity index (χ1n) is 6.38. The topological polar surface area (TPSA) is 15.6 Å². The number of rotatable bonds is 2. The van der Waals surface area contributed by atoms with Gasteiger partial charge in [-0.2, -0.15) is 0 Å². The van der Waals surface area contributed by atoms with Crippen LogP contribution in [-0.4, -0.2) is 18.0 Å². The first kappa shape index (κ1) is 12.3. The second kappa shape index (κ2) is 5.49. The summed E-state index contributed by atoms with van der Waals surface area (Å²) in [5.74, 6) is 0. The van der Waals surface area contributed by atoms with Crippen molar-refractivity contribution in [2.24, 2.45) is 4.99 Å². The van der Waals surface area contributed by atoms with Gasteiger partial charge in [0.25, 0.3) is 0 Å². The number of thioether (sulfide) groups is 1. The van der Waals surface area contributed by atoms with Gasteiger partial charge < -0.3 is 4.90 Å². The first-order chi connectivity index (χ1) is 9.38. The molecule has 1 atom stereocenters. The van der Waals surface area contributed by atoms with Crippen LogP contribution < -0.4 is 4.90 Å². The Morgan fingerprint density at radius 3 is 2.26 bits per heavy atom. The predicted octanol–water partition coefficient (Wildman–Crippen LogP) is 3.97. The molecule has 0 saturated carbocycles. The second-order valence-electron chi connectivity index (χ2n) is 4.49. The van der Waals surface area contributed by atoms with Gasteiger partial charge in [0.05, 0.1) is 12.6 Å². The Morgan fingerprint density at radius 2 is 1.63 bits per heavy atom. The Labute approximate surface area is 118 Å². The zero-order chi connectivity index (χ0) is 13.1. The molecule has 0 fully saturated rings.